The molecule has 0 amide bonds. The molecule has 2 aromatic rings. The Balaban J connectivity index is 2.21. The largest absolute Gasteiger partial charge is 0.462 e. The van der Waals surface area contributed by atoms with Crippen molar-refractivity contribution in [3.63, 3.8) is 0 Å². The summed E-state index contributed by atoms with van der Waals surface area (Å²) in [6.07, 6.45) is 1.77. The van der Waals surface area contributed by atoms with Crippen LogP contribution < -0.4 is 10.6 Å². The fourth-order valence-corrected chi connectivity index (χ4v) is 3.81. The van der Waals surface area contributed by atoms with Gasteiger partial charge in [0.2, 0.25) is 0 Å². The lowest BCUT2D eigenvalue weighted by Crippen LogP contribution is -2.28. The molecule has 0 aliphatic heterocycles. The molecular formula is C18H24N4O4S2. The molecule has 2 N–H and O–H groups in total. The number of hydrogen-bond donors (Lipinski definition) is 2. The molecule has 0 bridgehead atoms. The van der Waals surface area contributed by atoms with Crippen LogP contribution in [0.4, 0.5) is 5.00 Å². The summed E-state index contributed by atoms with van der Waals surface area (Å²) in [5, 5.41) is 11.1. The van der Waals surface area contributed by atoms with Gasteiger partial charge in [-0.25, -0.2) is 9.59 Å². The molecule has 0 radical (unpaired) electrons. The first kappa shape index (κ1) is 21.8. The van der Waals surface area contributed by atoms with Crippen molar-refractivity contribution in [1.29, 1.82) is 0 Å². The van der Waals surface area contributed by atoms with Gasteiger partial charge in [-0.3, -0.25) is 4.68 Å². The number of aryl methyl sites for hydroxylation is 1. The van der Waals surface area contributed by atoms with E-state index in [2.05, 4.69) is 15.7 Å². The summed E-state index contributed by atoms with van der Waals surface area (Å²) in [5.41, 5.74) is 2.83. The maximum absolute atomic E-state index is 12.4. The van der Waals surface area contributed by atoms with Crippen molar-refractivity contribution >= 4 is 45.6 Å². The minimum absolute atomic E-state index is 0.227. The number of ether oxygens (including phenoxy) is 2. The molecular weight excluding hydrogens is 400 g/mol. The first-order valence-corrected chi connectivity index (χ1v) is 10.0. The van der Waals surface area contributed by atoms with Crippen LogP contribution in [-0.4, -0.2) is 40.0 Å². The Morgan fingerprint density at radius 1 is 1.21 bits per heavy atom. The molecule has 0 fully saturated rings. The average Bonchev–Trinajstić information content (AvgIpc) is 3.13. The second-order valence-corrected chi connectivity index (χ2v) is 7.32. The second-order valence-electron chi connectivity index (χ2n) is 5.89. The van der Waals surface area contributed by atoms with E-state index in [9.17, 15) is 9.59 Å². The van der Waals surface area contributed by atoms with E-state index < -0.39 is 11.9 Å². The highest BCUT2D eigenvalue weighted by molar-refractivity contribution is 7.80. The summed E-state index contributed by atoms with van der Waals surface area (Å²) in [6, 6.07) is 0. The van der Waals surface area contributed by atoms with Gasteiger partial charge in [0.15, 0.2) is 5.11 Å². The minimum Gasteiger partial charge on any atom is -0.462 e. The van der Waals surface area contributed by atoms with E-state index in [1.165, 1.54) is 0 Å². The number of thiocarbonyl (C=S) groups is 1. The minimum atomic E-state index is -0.514. The molecule has 0 aliphatic rings. The fraction of sp³-hybridized carbons (Fsp3) is 0.444. The SMILES string of the molecule is CCOC(=O)c1sc(NC(=S)NCc2cnn(C)c2C)c(C(=O)OCC)c1C. The number of anilines is 1. The molecule has 0 atom stereocenters. The zero-order valence-corrected chi connectivity index (χ0v) is 18.2. The van der Waals surface area contributed by atoms with Crippen molar-refractivity contribution in [1.82, 2.24) is 15.1 Å². The number of thiophene rings is 1. The number of rotatable bonds is 7. The molecule has 0 aromatic carbocycles. The first-order valence-electron chi connectivity index (χ1n) is 8.80. The van der Waals surface area contributed by atoms with Crippen LogP contribution in [0, 0.1) is 13.8 Å². The van der Waals surface area contributed by atoms with Gasteiger partial charge >= 0.3 is 11.9 Å². The molecule has 2 heterocycles. The highest BCUT2D eigenvalue weighted by Gasteiger charge is 2.26. The van der Waals surface area contributed by atoms with Crippen molar-refractivity contribution in [2.45, 2.75) is 34.2 Å². The fourth-order valence-electron chi connectivity index (χ4n) is 2.48. The molecule has 2 rings (SSSR count). The molecule has 152 valence electrons. The number of nitrogens with zero attached hydrogens (tertiary/aromatic N) is 2. The van der Waals surface area contributed by atoms with Crippen LogP contribution >= 0.6 is 23.6 Å². The number of aromatic nitrogens is 2. The van der Waals surface area contributed by atoms with Crippen LogP contribution in [0.3, 0.4) is 0 Å². The summed E-state index contributed by atoms with van der Waals surface area (Å²) in [6.45, 7) is 8.06. The number of nitrogens with one attached hydrogen (secondary N) is 2. The number of carbonyl (C=O) groups excluding carboxylic acids is 2. The second kappa shape index (κ2) is 9.65. The Labute approximate surface area is 173 Å². The van der Waals surface area contributed by atoms with Crippen LogP contribution in [0.1, 0.15) is 50.7 Å². The average molecular weight is 425 g/mol. The number of carbonyl (C=O) groups is 2. The van der Waals surface area contributed by atoms with Crippen molar-refractivity contribution in [3.05, 3.63) is 33.5 Å². The standard InChI is InChI=1S/C18H24N4O4S2/c1-6-25-16(23)13-10(3)14(17(24)26-7-2)28-15(13)21-18(27)19-8-12-9-20-22(5)11(12)4/h9H,6-8H2,1-5H3,(H2,19,21,27). The predicted octanol–water partition coefficient (Wildman–Crippen LogP) is 2.94. The van der Waals surface area contributed by atoms with Gasteiger partial charge in [0.05, 0.1) is 25.0 Å². The maximum Gasteiger partial charge on any atom is 0.348 e. The van der Waals surface area contributed by atoms with Crippen LogP contribution in [0.15, 0.2) is 6.20 Å². The summed E-state index contributed by atoms with van der Waals surface area (Å²) < 4.78 is 12.0. The Kier molecular flexibility index (Phi) is 7.53. The third kappa shape index (κ3) is 4.87. The van der Waals surface area contributed by atoms with Gasteiger partial charge in [-0.1, -0.05) is 0 Å². The Hall–Kier alpha value is -2.46. The Bertz CT molecular complexity index is 889. The van der Waals surface area contributed by atoms with E-state index in [1.807, 2.05) is 14.0 Å². The third-order valence-electron chi connectivity index (χ3n) is 4.09. The quantitative estimate of drug-likeness (QED) is 0.518. The van der Waals surface area contributed by atoms with E-state index in [-0.39, 0.29) is 18.8 Å². The van der Waals surface area contributed by atoms with E-state index in [4.69, 9.17) is 21.7 Å². The van der Waals surface area contributed by atoms with E-state index in [0.717, 1.165) is 22.6 Å². The molecule has 0 saturated heterocycles. The van der Waals surface area contributed by atoms with Gasteiger partial charge in [-0.05, 0) is 45.5 Å². The zero-order chi connectivity index (χ0) is 20.8. The molecule has 0 saturated carbocycles. The summed E-state index contributed by atoms with van der Waals surface area (Å²) in [4.78, 5) is 25.0. The van der Waals surface area contributed by atoms with Crippen LogP contribution in [0.2, 0.25) is 0 Å². The topological polar surface area (TPSA) is 94.5 Å². The highest BCUT2D eigenvalue weighted by Crippen LogP contribution is 2.34. The van der Waals surface area contributed by atoms with Crippen molar-refractivity contribution in [3.8, 4) is 0 Å². The summed E-state index contributed by atoms with van der Waals surface area (Å²) >= 11 is 6.47. The van der Waals surface area contributed by atoms with Gasteiger partial charge in [0.25, 0.3) is 0 Å². The first-order chi connectivity index (χ1) is 13.3. The molecule has 28 heavy (non-hydrogen) atoms. The third-order valence-corrected chi connectivity index (χ3v) is 5.52. The maximum atomic E-state index is 12.4. The zero-order valence-electron chi connectivity index (χ0n) is 16.5. The molecule has 8 nitrogen and oxygen atoms in total. The van der Waals surface area contributed by atoms with E-state index in [1.54, 1.807) is 31.6 Å². The van der Waals surface area contributed by atoms with Gasteiger partial charge in [0.1, 0.15) is 9.88 Å². The van der Waals surface area contributed by atoms with Gasteiger partial charge in [-0.15, -0.1) is 11.3 Å². The smallest absolute Gasteiger partial charge is 0.348 e. The predicted molar refractivity (Wildman–Crippen MR) is 112 cm³/mol. The van der Waals surface area contributed by atoms with Crippen LogP contribution in [0.5, 0.6) is 0 Å². The normalized spacial score (nSPS) is 10.5. The molecule has 2 aromatic heterocycles. The number of hydrogen-bond acceptors (Lipinski definition) is 7. The Morgan fingerprint density at radius 2 is 1.86 bits per heavy atom. The van der Waals surface area contributed by atoms with Crippen molar-refractivity contribution in [2.24, 2.45) is 7.05 Å². The molecule has 0 aliphatic carbocycles. The lowest BCUT2D eigenvalue weighted by atomic mass is 10.1. The molecule has 10 heteroatoms. The van der Waals surface area contributed by atoms with Crippen LogP contribution in [0.25, 0.3) is 0 Å². The van der Waals surface area contributed by atoms with Gasteiger partial charge in [-0.2, -0.15) is 5.10 Å². The lowest BCUT2D eigenvalue weighted by Gasteiger charge is -2.11. The van der Waals surface area contributed by atoms with Crippen LogP contribution in [-0.2, 0) is 23.1 Å². The van der Waals surface area contributed by atoms with Crippen molar-refractivity contribution in [2.75, 3.05) is 18.5 Å². The monoisotopic (exact) mass is 424 g/mol. The lowest BCUT2D eigenvalue weighted by molar-refractivity contribution is 0.0527. The van der Waals surface area contributed by atoms with Gasteiger partial charge in [0, 0.05) is 24.8 Å². The van der Waals surface area contributed by atoms with Gasteiger partial charge < -0.3 is 20.1 Å². The van der Waals surface area contributed by atoms with E-state index in [0.29, 0.717) is 27.1 Å². The highest BCUT2D eigenvalue weighted by atomic mass is 32.1. The Morgan fingerprint density at radius 3 is 2.43 bits per heavy atom. The van der Waals surface area contributed by atoms with Crippen molar-refractivity contribution < 1.29 is 19.1 Å². The summed E-state index contributed by atoms with van der Waals surface area (Å²) in [7, 11) is 1.87. The number of esters is 2. The molecule has 0 spiro atoms. The molecule has 0 unspecified atom stereocenters. The summed E-state index contributed by atoms with van der Waals surface area (Å²) in [5.74, 6) is -0.992. The van der Waals surface area contributed by atoms with E-state index >= 15 is 0 Å².